The van der Waals surface area contributed by atoms with Crippen molar-refractivity contribution in [3.05, 3.63) is 35.4 Å². The van der Waals surface area contributed by atoms with Crippen LogP contribution in [0.1, 0.15) is 24.1 Å². The van der Waals surface area contributed by atoms with E-state index in [1.165, 1.54) is 12.0 Å². The minimum atomic E-state index is -0.872. The summed E-state index contributed by atoms with van der Waals surface area (Å²) in [6.45, 7) is 1.99. The first kappa shape index (κ1) is 16.1. The number of carbonyl (C=O) groups is 3. The van der Waals surface area contributed by atoms with Crippen molar-refractivity contribution in [3.63, 3.8) is 0 Å². The van der Waals surface area contributed by atoms with Gasteiger partial charge >= 0.3 is 5.97 Å². The number of hydrogen-bond acceptors (Lipinski definition) is 6. The fourth-order valence-electron chi connectivity index (χ4n) is 3.63. The van der Waals surface area contributed by atoms with E-state index in [1.54, 1.807) is 31.2 Å². The number of nitriles is 1. The van der Waals surface area contributed by atoms with Crippen molar-refractivity contribution in [2.45, 2.75) is 19.0 Å². The molecule has 7 heteroatoms. The summed E-state index contributed by atoms with van der Waals surface area (Å²) < 4.78 is 4.79. The maximum atomic E-state index is 12.7. The molecule has 2 heterocycles. The first-order chi connectivity index (χ1) is 11.5. The van der Waals surface area contributed by atoms with Crippen molar-refractivity contribution in [1.29, 1.82) is 5.26 Å². The highest BCUT2D eigenvalue weighted by molar-refractivity contribution is 6.08. The summed E-state index contributed by atoms with van der Waals surface area (Å²) in [5.41, 5.74) is 1.16. The highest BCUT2D eigenvalue weighted by Crippen LogP contribution is 2.44. The Labute approximate surface area is 139 Å². The maximum absolute atomic E-state index is 12.7. The quantitative estimate of drug-likeness (QED) is 0.636. The molecule has 0 bridgehead atoms. The van der Waals surface area contributed by atoms with Gasteiger partial charge in [0.25, 0.3) is 0 Å². The number of esters is 1. The average molecular weight is 327 g/mol. The molecule has 2 aliphatic heterocycles. The number of ether oxygens (including phenoxy) is 1. The number of imide groups is 1. The molecular weight excluding hydrogens is 310 g/mol. The number of nitrogens with one attached hydrogen (secondary N) is 1. The SMILES string of the molecule is CCN1C(=O)[C@@H]2C(c3cccc(C#N)c3)NC(C(=O)OC)[C@@H]2C1=O. The molecule has 1 aromatic carbocycles. The molecule has 1 N–H and O–H groups in total. The van der Waals surface area contributed by atoms with Gasteiger partial charge in [-0.3, -0.25) is 24.6 Å². The lowest BCUT2D eigenvalue weighted by molar-refractivity contribution is -0.148. The summed E-state index contributed by atoms with van der Waals surface area (Å²) in [7, 11) is 1.25. The van der Waals surface area contributed by atoms with Crippen LogP contribution < -0.4 is 5.32 Å². The molecule has 1 aromatic rings. The number of hydrogen-bond donors (Lipinski definition) is 1. The monoisotopic (exact) mass is 327 g/mol. The second-order valence-electron chi connectivity index (χ2n) is 5.85. The van der Waals surface area contributed by atoms with Crippen LogP contribution in [0.25, 0.3) is 0 Å². The second kappa shape index (κ2) is 6.06. The number of nitrogens with zero attached hydrogens (tertiary/aromatic N) is 2. The molecule has 7 nitrogen and oxygen atoms in total. The molecule has 3 rings (SSSR count). The zero-order valence-corrected chi connectivity index (χ0v) is 13.4. The van der Waals surface area contributed by atoms with Crippen LogP contribution in [-0.2, 0) is 19.1 Å². The Morgan fingerprint density at radius 3 is 2.67 bits per heavy atom. The zero-order valence-electron chi connectivity index (χ0n) is 13.4. The van der Waals surface area contributed by atoms with Crippen LogP contribution in [0.4, 0.5) is 0 Å². The van der Waals surface area contributed by atoms with Gasteiger partial charge in [-0.25, -0.2) is 0 Å². The summed E-state index contributed by atoms with van der Waals surface area (Å²) >= 11 is 0. The Morgan fingerprint density at radius 1 is 1.33 bits per heavy atom. The fraction of sp³-hybridized carbons (Fsp3) is 0.412. The topological polar surface area (TPSA) is 99.5 Å². The van der Waals surface area contributed by atoms with Crippen molar-refractivity contribution in [2.75, 3.05) is 13.7 Å². The number of methoxy groups -OCH3 is 1. The third-order valence-electron chi connectivity index (χ3n) is 4.71. The van der Waals surface area contributed by atoms with Gasteiger partial charge in [0.05, 0.1) is 30.6 Å². The molecule has 0 spiro atoms. The van der Waals surface area contributed by atoms with Crippen molar-refractivity contribution in [3.8, 4) is 6.07 Å². The van der Waals surface area contributed by atoms with Gasteiger partial charge in [0.15, 0.2) is 0 Å². The third kappa shape index (κ3) is 2.27. The van der Waals surface area contributed by atoms with Gasteiger partial charge in [-0.15, -0.1) is 0 Å². The van der Waals surface area contributed by atoms with Gasteiger partial charge < -0.3 is 4.74 Å². The third-order valence-corrected chi connectivity index (χ3v) is 4.71. The molecule has 2 saturated heterocycles. The van der Waals surface area contributed by atoms with E-state index in [1.807, 2.05) is 0 Å². The van der Waals surface area contributed by atoms with Gasteiger partial charge in [0, 0.05) is 12.6 Å². The Balaban J connectivity index is 2.05. The molecule has 2 amide bonds. The van der Waals surface area contributed by atoms with Crippen LogP contribution in [0.5, 0.6) is 0 Å². The maximum Gasteiger partial charge on any atom is 0.323 e. The predicted octanol–water partition coefficient (Wildman–Crippen LogP) is 0.365. The molecule has 0 saturated carbocycles. The molecule has 124 valence electrons. The van der Waals surface area contributed by atoms with E-state index in [2.05, 4.69) is 11.4 Å². The van der Waals surface area contributed by atoms with E-state index in [0.717, 1.165) is 0 Å². The van der Waals surface area contributed by atoms with E-state index in [4.69, 9.17) is 10.00 Å². The number of rotatable bonds is 3. The Kier molecular flexibility index (Phi) is 4.08. The van der Waals surface area contributed by atoms with E-state index >= 15 is 0 Å². The van der Waals surface area contributed by atoms with Crippen LogP contribution in [-0.4, -0.2) is 42.4 Å². The number of carbonyl (C=O) groups excluding carboxylic acids is 3. The molecular formula is C17H17N3O4. The number of benzene rings is 1. The van der Waals surface area contributed by atoms with Crippen molar-refractivity contribution in [1.82, 2.24) is 10.2 Å². The highest BCUT2D eigenvalue weighted by Gasteiger charge is 2.60. The second-order valence-corrected chi connectivity index (χ2v) is 5.85. The van der Waals surface area contributed by atoms with E-state index in [-0.39, 0.29) is 18.4 Å². The van der Waals surface area contributed by atoms with E-state index < -0.39 is 29.9 Å². The summed E-state index contributed by atoms with van der Waals surface area (Å²) in [5, 5.41) is 12.1. The smallest absolute Gasteiger partial charge is 0.323 e. The van der Waals surface area contributed by atoms with E-state index in [0.29, 0.717) is 11.1 Å². The van der Waals surface area contributed by atoms with Crippen LogP contribution in [0.15, 0.2) is 24.3 Å². The first-order valence-electron chi connectivity index (χ1n) is 7.72. The van der Waals surface area contributed by atoms with Gasteiger partial charge in [-0.1, -0.05) is 12.1 Å². The van der Waals surface area contributed by atoms with Crippen LogP contribution >= 0.6 is 0 Å². The molecule has 2 fully saturated rings. The lowest BCUT2D eigenvalue weighted by Gasteiger charge is -2.21. The molecule has 4 atom stereocenters. The number of fused-ring (bicyclic) bond motifs is 1. The summed E-state index contributed by atoms with van der Waals surface area (Å²) in [6, 6.07) is 7.49. The minimum absolute atomic E-state index is 0.267. The van der Waals surface area contributed by atoms with Gasteiger partial charge in [-0.2, -0.15) is 5.26 Å². The lowest BCUT2D eigenvalue weighted by Crippen LogP contribution is -2.43. The number of amides is 2. The highest BCUT2D eigenvalue weighted by atomic mass is 16.5. The molecule has 0 radical (unpaired) electrons. The van der Waals surface area contributed by atoms with Gasteiger partial charge in [0.1, 0.15) is 6.04 Å². The Bertz CT molecular complexity index is 754. The standard InChI is InChI=1S/C17H17N3O4/c1-3-20-15(21)11-12(16(20)22)14(17(23)24-2)19-13(11)10-6-4-5-9(7-10)8-18/h4-7,11-14,19H,3H2,1-2H3/t11-,12+,13?,14?/m0/s1. The predicted molar refractivity (Wildman–Crippen MR) is 82.2 cm³/mol. The summed E-state index contributed by atoms with van der Waals surface area (Å²) in [6.07, 6.45) is 0. The molecule has 24 heavy (non-hydrogen) atoms. The summed E-state index contributed by atoms with van der Waals surface area (Å²) in [5.74, 6) is -2.66. The van der Waals surface area contributed by atoms with Crippen LogP contribution in [0.2, 0.25) is 0 Å². The largest absolute Gasteiger partial charge is 0.468 e. The first-order valence-corrected chi connectivity index (χ1v) is 7.72. The molecule has 2 unspecified atom stereocenters. The normalized spacial score (nSPS) is 28.6. The van der Waals surface area contributed by atoms with Gasteiger partial charge in [-0.05, 0) is 24.6 Å². The molecule has 2 aliphatic rings. The minimum Gasteiger partial charge on any atom is -0.468 e. The zero-order chi connectivity index (χ0) is 17.4. The van der Waals surface area contributed by atoms with Crippen LogP contribution in [0, 0.1) is 23.2 Å². The Morgan fingerprint density at radius 2 is 2.04 bits per heavy atom. The molecule has 0 aromatic heterocycles. The fourth-order valence-corrected chi connectivity index (χ4v) is 3.63. The van der Waals surface area contributed by atoms with E-state index in [9.17, 15) is 14.4 Å². The van der Waals surface area contributed by atoms with Crippen molar-refractivity contribution in [2.24, 2.45) is 11.8 Å². The molecule has 0 aliphatic carbocycles. The lowest BCUT2D eigenvalue weighted by atomic mass is 9.86. The Hall–Kier alpha value is -2.72. The average Bonchev–Trinajstić information content (AvgIpc) is 3.11. The number of likely N-dealkylation sites (tertiary alicyclic amines) is 1. The van der Waals surface area contributed by atoms with Crippen molar-refractivity contribution >= 4 is 17.8 Å². The van der Waals surface area contributed by atoms with Gasteiger partial charge in [0.2, 0.25) is 11.8 Å². The van der Waals surface area contributed by atoms with Crippen LogP contribution in [0.3, 0.4) is 0 Å². The summed E-state index contributed by atoms with van der Waals surface area (Å²) in [4.78, 5) is 38.5. The van der Waals surface area contributed by atoms with Crippen molar-refractivity contribution < 1.29 is 19.1 Å².